The molecule has 1 amide bonds. The van der Waals surface area contributed by atoms with E-state index in [1.54, 1.807) is 11.8 Å². The van der Waals surface area contributed by atoms with E-state index in [2.05, 4.69) is 15.6 Å². The van der Waals surface area contributed by atoms with E-state index >= 15 is 0 Å². The molecule has 5 nitrogen and oxygen atoms in total. The van der Waals surface area contributed by atoms with Crippen LogP contribution in [0.3, 0.4) is 0 Å². The van der Waals surface area contributed by atoms with Gasteiger partial charge in [-0.3, -0.25) is 4.79 Å². The first-order chi connectivity index (χ1) is 12.3. The number of benzene rings is 1. The number of amides is 1. The van der Waals surface area contributed by atoms with Crippen molar-refractivity contribution in [2.45, 2.75) is 17.6 Å². The number of carbonyl (C=O) groups is 1. The Labute approximate surface area is 176 Å². The van der Waals surface area contributed by atoms with E-state index in [0.717, 1.165) is 35.1 Å². The molecule has 146 valence electrons. The van der Waals surface area contributed by atoms with Gasteiger partial charge in [-0.2, -0.15) is 0 Å². The molecule has 0 aliphatic heterocycles. The van der Waals surface area contributed by atoms with Gasteiger partial charge in [0.25, 0.3) is 5.91 Å². The van der Waals surface area contributed by atoms with Crippen LogP contribution < -0.4 is 10.6 Å². The highest BCUT2D eigenvalue weighted by molar-refractivity contribution is 7.98. The highest BCUT2D eigenvalue weighted by Gasteiger charge is 2.11. The molecule has 2 N–H and O–H groups in total. The smallest absolute Gasteiger partial charge is 0.252 e. The molecule has 27 heavy (non-hydrogen) atoms. The summed E-state index contributed by atoms with van der Waals surface area (Å²) in [7, 11) is 0. The van der Waals surface area contributed by atoms with E-state index in [1.807, 2.05) is 66.2 Å². The van der Waals surface area contributed by atoms with Crippen LogP contribution in [0.2, 0.25) is 0 Å². The van der Waals surface area contributed by atoms with Crippen molar-refractivity contribution in [2.24, 2.45) is 0 Å². The Morgan fingerprint density at radius 3 is 2.67 bits per heavy atom. The van der Waals surface area contributed by atoms with E-state index in [4.69, 9.17) is 0 Å². The van der Waals surface area contributed by atoms with Crippen molar-refractivity contribution in [3.63, 3.8) is 0 Å². The van der Waals surface area contributed by atoms with Gasteiger partial charge in [0.2, 0.25) is 0 Å². The van der Waals surface area contributed by atoms with E-state index < -0.39 is 0 Å². The maximum absolute atomic E-state index is 12.4. The predicted octanol–water partition coefficient (Wildman–Crippen LogP) is 3.81. The SMILES string of the molecule is CCNCCNC(=O)c1ccccc1SCc1cn2ccccc2n1.Cl.Cl. The summed E-state index contributed by atoms with van der Waals surface area (Å²) >= 11 is 1.64. The Balaban J connectivity index is 0.00000182. The van der Waals surface area contributed by atoms with Crippen LogP contribution in [0.25, 0.3) is 5.65 Å². The van der Waals surface area contributed by atoms with Crippen LogP contribution in [0.4, 0.5) is 0 Å². The van der Waals surface area contributed by atoms with Crippen LogP contribution in [-0.2, 0) is 5.75 Å². The van der Waals surface area contributed by atoms with Crippen molar-refractivity contribution in [1.29, 1.82) is 0 Å². The van der Waals surface area contributed by atoms with Gasteiger partial charge >= 0.3 is 0 Å². The summed E-state index contributed by atoms with van der Waals surface area (Å²) in [4.78, 5) is 18.0. The molecule has 0 fully saturated rings. The minimum absolute atomic E-state index is 0. The van der Waals surface area contributed by atoms with Crippen molar-refractivity contribution in [3.05, 3.63) is 66.1 Å². The summed E-state index contributed by atoms with van der Waals surface area (Å²) in [5, 5.41) is 6.16. The van der Waals surface area contributed by atoms with Gasteiger partial charge in [0.05, 0.1) is 11.3 Å². The molecule has 3 rings (SSSR count). The maximum atomic E-state index is 12.4. The Bertz CT molecular complexity index is 823. The van der Waals surface area contributed by atoms with Crippen LogP contribution in [0.15, 0.2) is 59.8 Å². The fraction of sp³-hybridized carbons (Fsp3) is 0.263. The van der Waals surface area contributed by atoms with Crippen molar-refractivity contribution >= 4 is 48.1 Å². The minimum Gasteiger partial charge on any atom is -0.351 e. The van der Waals surface area contributed by atoms with E-state index in [9.17, 15) is 4.79 Å². The van der Waals surface area contributed by atoms with Gasteiger partial charge in [0.15, 0.2) is 0 Å². The molecule has 2 aromatic heterocycles. The number of nitrogens with zero attached hydrogens (tertiary/aromatic N) is 2. The Morgan fingerprint density at radius 2 is 1.89 bits per heavy atom. The van der Waals surface area contributed by atoms with Crippen LogP contribution >= 0.6 is 36.6 Å². The second-order valence-corrected chi connectivity index (χ2v) is 6.61. The molecule has 0 aliphatic carbocycles. The molecular formula is C19H24Cl2N4OS. The minimum atomic E-state index is -0.0315. The molecule has 0 bridgehead atoms. The zero-order valence-corrected chi connectivity index (χ0v) is 17.5. The molecule has 0 unspecified atom stereocenters. The standard InChI is InChI=1S/C19H22N4OS.2ClH/c1-2-20-10-11-21-19(24)16-7-3-4-8-17(16)25-14-15-13-23-12-6-5-9-18(23)22-15;;/h3-9,12-13,20H,2,10-11,14H2,1H3,(H,21,24);2*1H. The summed E-state index contributed by atoms with van der Waals surface area (Å²) in [5.41, 5.74) is 2.65. The van der Waals surface area contributed by atoms with Gasteiger partial charge < -0.3 is 15.0 Å². The normalized spacial score (nSPS) is 10.1. The maximum Gasteiger partial charge on any atom is 0.252 e. The fourth-order valence-electron chi connectivity index (χ4n) is 2.52. The lowest BCUT2D eigenvalue weighted by Gasteiger charge is -2.09. The van der Waals surface area contributed by atoms with Crippen LogP contribution in [0, 0.1) is 0 Å². The molecule has 0 spiro atoms. The summed E-state index contributed by atoms with van der Waals surface area (Å²) < 4.78 is 2.01. The number of nitrogens with one attached hydrogen (secondary N) is 2. The first-order valence-electron chi connectivity index (χ1n) is 8.41. The fourth-order valence-corrected chi connectivity index (χ4v) is 3.46. The second-order valence-electron chi connectivity index (χ2n) is 5.59. The predicted molar refractivity (Wildman–Crippen MR) is 117 cm³/mol. The number of carbonyl (C=O) groups excluding carboxylic acids is 1. The van der Waals surface area contributed by atoms with E-state index in [-0.39, 0.29) is 30.7 Å². The Hall–Kier alpha value is -1.73. The monoisotopic (exact) mass is 426 g/mol. The molecule has 2 heterocycles. The van der Waals surface area contributed by atoms with Crippen molar-refractivity contribution in [3.8, 4) is 0 Å². The summed E-state index contributed by atoms with van der Waals surface area (Å²) in [6, 6.07) is 13.7. The van der Waals surface area contributed by atoms with Gasteiger partial charge in [0.1, 0.15) is 5.65 Å². The van der Waals surface area contributed by atoms with Crippen LogP contribution in [0.5, 0.6) is 0 Å². The number of thioether (sulfide) groups is 1. The first kappa shape index (κ1) is 23.3. The topological polar surface area (TPSA) is 58.4 Å². The van der Waals surface area contributed by atoms with E-state index in [1.165, 1.54) is 0 Å². The molecule has 1 aromatic carbocycles. The Morgan fingerprint density at radius 1 is 1.11 bits per heavy atom. The van der Waals surface area contributed by atoms with Gasteiger partial charge in [-0.15, -0.1) is 36.6 Å². The number of pyridine rings is 1. The average Bonchev–Trinajstić information content (AvgIpc) is 3.06. The summed E-state index contributed by atoms with van der Waals surface area (Å²) in [6.45, 7) is 4.35. The third kappa shape index (κ3) is 6.43. The number of rotatable bonds is 8. The highest BCUT2D eigenvalue weighted by Crippen LogP contribution is 2.26. The molecule has 3 aromatic rings. The highest BCUT2D eigenvalue weighted by atomic mass is 35.5. The molecular weight excluding hydrogens is 403 g/mol. The number of fused-ring (bicyclic) bond motifs is 1. The number of likely N-dealkylation sites (N-methyl/N-ethyl adjacent to an activating group) is 1. The number of hydrogen-bond donors (Lipinski definition) is 2. The summed E-state index contributed by atoms with van der Waals surface area (Å²) in [5.74, 6) is 0.694. The quantitative estimate of drug-likeness (QED) is 0.424. The lowest BCUT2D eigenvalue weighted by Crippen LogP contribution is -2.31. The zero-order chi connectivity index (χ0) is 17.5. The molecule has 0 saturated heterocycles. The first-order valence-corrected chi connectivity index (χ1v) is 9.40. The number of aromatic nitrogens is 2. The van der Waals surface area contributed by atoms with Gasteiger partial charge in [0, 0.05) is 36.1 Å². The van der Waals surface area contributed by atoms with Crippen LogP contribution in [0.1, 0.15) is 23.0 Å². The van der Waals surface area contributed by atoms with Crippen LogP contribution in [-0.4, -0.2) is 34.9 Å². The molecule has 0 radical (unpaired) electrons. The van der Waals surface area contributed by atoms with Gasteiger partial charge in [-0.05, 0) is 30.8 Å². The largest absolute Gasteiger partial charge is 0.351 e. The lowest BCUT2D eigenvalue weighted by atomic mass is 10.2. The third-order valence-corrected chi connectivity index (χ3v) is 4.87. The van der Waals surface area contributed by atoms with Gasteiger partial charge in [-0.1, -0.05) is 25.1 Å². The Kier molecular flexibility index (Phi) is 10.3. The summed E-state index contributed by atoms with van der Waals surface area (Å²) in [6.07, 6.45) is 4.02. The zero-order valence-electron chi connectivity index (χ0n) is 15.1. The van der Waals surface area contributed by atoms with E-state index in [0.29, 0.717) is 12.1 Å². The molecule has 0 atom stereocenters. The van der Waals surface area contributed by atoms with Gasteiger partial charge in [-0.25, -0.2) is 4.98 Å². The molecule has 8 heteroatoms. The second kappa shape index (κ2) is 11.9. The number of hydrogen-bond acceptors (Lipinski definition) is 4. The third-order valence-electron chi connectivity index (χ3n) is 3.76. The van der Waals surface area contributed by atoms with Crippen molar-refractivity contribution in [2.75, 3.05) is 19.6 Å². The average molecular weight is 427 g/mol. The molecule has 0 aliphatic rings. The lowest BCUT2D eigenvalue weighted by molar-refractivity contribution is 0.0951. The molecule has 0 saturated carbocycles. The number of imidazole rings is 1. The van der Waals surface area contributed by atoms with Crippen molar-refractivity contribution in [1.82, 2.24) is 20.0 Å². The van der Waals surface area contributed by atoms with Crippen molar-refractivity contribution < 1.29 is 4.79 Å². The number of halogens is 2.